The van der Waals surface area contributed by atoms with Crippen LogP contribution in [0.1, 0.15) is 36.8 Å². The van der Waals surface area contributed by atoms with E-state index in [1.165, 1.54) is 24.9 Å². The Bertz CT molecular complexity index is 446. The lowest BCUT2D eigenvalue weighted by Gasteiger charge is -2.37. The number of benzene rings is 1. The Labute approximate surface area is 109 Å². The van der Waals surface area contributed by atoms with Gasteiger partial charge < -0.3 is 10.6 Å². The molecule has 1 aliphatic rings. The Balaban J connectivity index is 2.23. The maximum absolute atomic E-state index is 8.98. The second-order valence-corrected chi connectivity index (χ2v) is 5.03. The smallest absolute Gasteiger partial charge is 0.0994 e. The molecule has 18 heavy (non-hydrogen) atoms. The van der Waals surface area contributed by atoms with Gasteiger partial charge in [0.25, 0.3) is 0 Å². The Morgan fingerprint density at radius 2 is 2.28 bits per heavy atom. The predicted octanol–water partition coefficient (Wildman–Crippen LogP) is 2.57. The standard InChI is InChI=1S/C15H21N3/c1-12-10-15(6-5-13(12)11-17)18-9-3-2-4-14(18)7-8-16/h5-6,10,14H,2-4,7-9,16H2,1H3. The number of nitrogens with zero attached hydrogens (tertiary/aromatic N) is 2. The fourth-order valence-corrected chi connectivity index (χ4v) is 2.78. The molecule has 0 amide bonds. The van der Waals surface area contributed by atoms with E-state index in [0.29, 0.717) is 6.04 Å². The van der Waals surface area contributed by atoms with Crippen molar-refractivity contribution in [2.45, 2.75) is 38.6 Å². The third-order valence-corrected chi connectivity index (χ3v) is 3.79. The third kappa shape index (κ3) is 2.65. The van der Waals surface area contributed by atoms with Crippen LogP contribution in [0.3, 0.4) is 0 Å². The van der Waals surface area contributed by atoms with Crippen LogP contribution in [0.25, 0.3) is 0 Å². The van der Waals surface area contributed by atoms with Crippen molar-refractivity contribution in [2.75, 3.05) is 18.0 Å². The molecule has 1 aliphatic heterocycles. The molecule has 0 radical (unpaired) electrons. The molecule has 1 aromatic rings. The lowest BCUT2D eigenvalue weighted by molar-refractivity contribution is 0.442. The van der Waals surface area contributed by atoms with E-state index in [4.69, 9.17) is 11.0 Å². The van der Waals surface area contributed by atoms with Crippen LogP contribution in [0.5, 0.6) is 0 Å². The summed E-state index contributed by atoms with van der Waals surface area (Å²) >= 11 is 0. The first-order chi connectivity index (χ1) is 8.76. The van der Waals surface area contributed by atoms with E-state index in [9.17, 15) is 0 Å². The average Bonchev–Trinajstić information content (AvgIpc) is 2.40. The molecule has 96 valence electrons. The highest BCUT2D eigenvalue weighted by atomic mass is 15.2. The summed E-state index contributed by atoms with van der Waals surface area (Å²) in [7, 11) is 0. The summed E-state index contributed by atoms with van der Waals surface area (Å²) in [5.41, 5.74) is 8.78. The van der Waals surface area contributed by atoms with Crippen molar-refractivity contribution in [3.63, 3.8) is 0 Å². The molecule has 0 aliphatic carbocycles. The van der Waals surface area contributed by atoms with Crippen LogP contribution in [0.4, 0.5) is 5.69 Å². The first-order valence-electron chi connectivity index (χ1n) is 6.73. The van der Waals surface area contributed by atoms with Crippen LogP contribution in [0.15, 0.2) is 18.2 Å². The summed E-state index contributed by atoms with van der Waals surface area (Å²) in [6.07, 6.45) is 4.84. The zero-order valence-corrected chi connectivity index (χ0v) is 11.0. The third-order valence-electron chi connectivity index (χ3n) is 3.79. The van der Waals surface area contributed by atoms with Crippen LogP contribution < -0.4 is 10.6 Å². The van der Waals surface area contributed by atoms with Gasteiger partial charge in [-0.3, -0.25) is 0 Å². The second-order valence-electron chi connectivity index (χ2n) is 5.03. The van der Waals surface area contributed by atoms with Gasteiger partial charge in [-0.1, -0.05) is 0 Å². The fourth-order valence-electron chi connectivity index (χ4n) is 2.78. The largest absolute Gasteiger partial charge is 0.368 e. The summed E-state index contributed by atoms with van der Waals surface area (Å²) < 4.78 is 0. The summed E-state index contributed by atoms with van der Waals surface area (Å²) in [6, 6.07) is 8.92. The van der Waals surface area contributed by atoms with Crippen molar-refractivity contribution < 1.29 is 0 Å². The monoisotopic (exact) mass is 243 g/mol. The number of hydrogen-bond donors (Lipinski definition) is 1. The van der Waals surface area contributed by atoms with Gasteiger partial charge in [0.2, 0.25) is 0 Å². The molecular formula is C15H21N3. The average molecular weight is 243 g/mol. The number of hydrogen-bond acceptors (Lipinski definition) is 3. The molecule has 1 atom stereocenters. The quantitative estimate of drug-likeness (QED) is 0.887. The van der Waals surface area contributed by atoms with Crippen molar-refractivity contribution in [3.05, 3.63) is 29.3 Å². The molecule has 1 fully saturated rings. The molecule has 0 spiro atoms. The van der Waals surface area contributed by atoms with Crippen LogP contribution in [-0.4, -0.2) is 19.1 Å². The maximum Gasteiger partial charge on any atom is 0.0994 e. The summed E-state index contributed by atoms with van der Waals surface area (Å²) in [5.74, 6) is 0. The van der Waals surface area contributed by atoms with E-state index >= 15 is 0 Å². The van der Waals surface area contributed by atoms with Gasteiger partial charge in [-0.05, 0) is 62.9 Å². The Morgan fingerprint density at radius 1 is 1.44 bits per heavy atom. The van der Waals surface area contributed by atoms with Gasteiger partial charge in [0.1, 0.15) is 0 Å². The van der Waals surface area contributed by atoms with Crippen molar-refractivity contribution in [2.24, 2.45) is 5.73 Å². The lowest BCUT2D eigenvalue weighted by Crippen LogP contribution is -2.40. The zero-order valence-electron chi connectivity index (χ0n) is 11.0. The molecule has 0 aromatic heterocycles. The van der Waals surface area contributed by atoms with Gasteiger partial charge in [-0.25, -0.2) is 0 Å². The second kappa shape index (κ2) is 5.88. The molecule has 2 N–H and O–H groups in total. The minimum absolute atomic E-state index is 0.566. The van der Waals surface area contributed by atoms with E-state index in [1.54, 1.807) is 0 Å². The number of nitrogens with two attached hydrogens (primary N) is 1. The van der Waals surface area contributed by atoms with Gasteiger partial charge >= 0.3 is 0 Å². The van der Waals surface area contributed by atoms with E-state index in [2.05, 4.69) is 23.1 Å². The Hall–Kier alpha value is -1.53. The molecule has 0 saturated carbocycles. The van der Waals surface area contributed by atoms with Gasteiger partial charge in [-0.15, -0.1) is 0 Å². The maximum atomic E-state index is 8.98. The summed E-state index contributed by atoms with van der Waals surface area (Å²) in [4.78, 5) is 2.46. The Morgan fingerprint density at radius 3 is 2.94 bits per heavy atom. The molecular weight excluding hydrogens is 222 g/mol. The molecule has 1 saturated heterocycles. The molecule has 2 rings (SSSR count). The zero-order chi connectivity index (χ0) is 13.0. The normalized spacial score (nSPS) is 19.6. The Kier molecular flexibility index (Phi) is 4.22. The van der Waals surface area contributed by atoms with Crippen molar-refractivity contribution in [1.82, 2.24) is 0 Å². The van der Waals surface area contributed by atoms with E-state index in [0.717, 1.165) is 30.6 Å². The highest BCUT2D eigenvalue weighted by Crippen LogP contribution is 2.27. The molecule has 0 bridgehead atoms. The number of aryl methyl sites for hydroxylation is 1. The van der Waals surface area contributed by atoms with Gasteiger partial charge in [0.05, 0.1) is 11.6 Å². The van der Waals surface area contributed by atoms with Gasteiger partial charge in [0.15, 0.2) is 0 Å². The van der Waals surface area contributed by atoms with Crippen LogP contribution >= 0.6 is 0 Å². The first kappa shape index (κ1) is 12.9. The topological polar surface area (TPSA) is 53.0 Å². The lowest BCUT2D eigenvalue weighted by atomic mass is 9.97. The van der Waals surface area contributed by atoms with E-state index < -0.39 is 0 Å². The molecule has 1 unspecified atom stereocenters. The molecule has 1 aromatic carbocycles. The van der Waals surface area contributed by atoms with Crippen LogP contribution in [0, 0.1) is 18.3 Å². The SMILES string of the molecule is Cc1cc(N2CCCCC2CCN)ccc1C#N. The molecule has 3 nitrogen and oxygen atoms in total. The first-order valence-corrected chi connectivity index (χ1v) is 6.73. The fraction of sp³-hybridized carbons (Fsp3) is 0.533. The van der Waals surface area contributed by atoms with Crippen molar-refractivity contribution in [1.29, 1.82) is 5.26 Å². The number of anilines is 1. The van der Waals surface area contributed by atoms with Gasteiger partial charge in [0, 0.05) is 18.3 Å². The minimum atomic E-state index is 0.566. The highest BCUT2D eigenvalue weighted by molar-refractivity contribution is 5.54. The molecule has 3 heteroatoms. The highest BCUT2D eigenvalue weighted by Gasteiger charge is 2.22. The van der Waals surface area contributed by atoms with E-state index in [-0.39, 0.29) is 0 Å². The van der Waals surface area contributed by atoms with E-state index in [1.807, 2.05) is 13.0 Å². The summed E-state index contributed by atoms with van der Waals surface area (Å²) in [5, 5.41) is 8.98. The number of rotatable bonds is 3. The minimum Gasteiger partial charge on any atom is -0.368 e. The van der Waals surface area contributed by atoms with Gasteiger partial charge in [-0.2, -0.15) is 5.26 Å². The number of nitriles is 1. The number of piperidine rings is 1. The van der Waals surface area contributed by atoms with Crippen LogP contribution in [0.2, 0.25) is 0 Å². The van der Waals surface area contributed by atoms with Crippen molar-refractivity contribution >= 4 is 5.69 Å². The van der Waals surface area contributed by atoms with Crippen LogP contribution in [-0.2, 0) is 0 Å². The predicted molar refractivity (Wildman–Crippen MR) is 74.6 cm³/mol. The summed E-state index contributed by atoms with van der Waals surface area (Å²) in [6.45, 7) is 3.86. The molecule has 1 heterocycles. The van der Waals surface area contributed by atoms with Crippen molar-refractivity contribution in [3.8, 4) is 6.07 Å².